The van der Waals surface area contributed by atoms with E-state index in [-0.39, 0.29) is 29.1 Å². The van der Waals surface area contributed by atoms with Crippen LogP contribution in [0, 0.1) is 12.8 Å². The predicted molar refractivity (Wildman–Crippen MR) is 140 cm³/mol. The number of methoxy groups -OCH3 is 1. The largest absolute Gasteiger partial charge is 0.497 e. The van der Waals surface area contributed by atoms with E-state index in [4.69, 9.17) is 4.74 Å². The number of fused-ring (bicyclic) bond motifs is 2. The molecule has 1 aromatic heterocycles. The number of aromatic nitrogens is 1. The minimum atomic E-state index is -0.762. The number of benzene rings is 2. The highest BCUT2D eigenvalue weighted by Gasteiger charge is 2.59. The standard InChI is InChI=1S/C26H25N3O5S2/c1-14-5-7-15(8-6-14)27-18(30)13-28-24-21(36-25(28)33)26(2,3)19-20(35-24)23(32)29(22(19)31)16-9-11-17(34-4)12-10-16/h5-12,19-20H,13H2,1-4H3,(H,27,30). The molecule has 0 aliphatic carbocycles. The average molecular weight is 524 g/mol. The Morgan fingerprint density at radius 3 is 2.33 bits per heavy atom. The molecular weight excluding hydrogens is 498 g/mol. The summed E-state index contributed by atoms with van der Waals surface area (Å²) >= 11 is 2.24. The summed E-state index contributed by atoms with van der Waals surface area (Å²) in [4.78, 5) is 54.4. The first-order chi connectivity index (χ1) is 17.1. The van der Waals surface area contributed by atoms with Gasteiger partial charge in [0.1, 0.15) is 17.5 Å². The number of imide groups is 1. The summed E-state index contributed by atoms with van der Waals surface area (Å²) in [6.45, 7) is 5.56. The third-order valence-corrected chi connectivity index (χ3v) is 9.49. The zero-order valence-electron chi connectivity index (χ0n) is 20.2. The van der Waals surface area contributed by atoms with Crippen molar-refractivity contribution in [2.75, 3.05) is 17.3 Å². The minimum Gasteiger partial charge on any atom is -0.497 e. The van der Waals surface area contributed by atoms with Gasteiger partial charge in [0.05, 0.1) is 23.7 Å². The molecule has 3 aromatic rings. The van der Waals surface area contributed by atoms with E-state index in [0.717, 1.165) is 21.8 Å². The van der Waals surface area contributed by atoms with Gasteiger partial charge in [0.25, 0.3) is 0 Å². The number of amides is 3. The molecule has 8 nitrogen and oxygen atoms in total. The number of carbonyl (C=O) groups is 3. The molecule has 1 N–H and O–H groups in total. The van der Waals surface area contributed by atoms with Crippen LogP contribution < -0.4 is 19.8 Å². The summed E-state index contributed by atoms with van der Waals surface area (Å²) in [6.07, 6.45) is 0. The summed E-state index contributed by atoms with van der Waals surface area (Å²) in [5, 5.41) is 2.70. The number of hydrogen-bond donors (Lipinski definition) is 1. The Balaban J connectivity index is 1.45. The van der Waals surface area contributed by atoms with Gasteiger partial charge in [-0.2, -0.15) is 0 Å². The lowest BCUT2D eigenvalue weighted by atomic mass is 9.76. The number of thiazole rings is 1. The lowest BCUT2D eigenvalue weighted by molar-refractivity contribution is -0.123. The molecule has 3 heterocycles. The van der Waals surface area contributed by atoms with Crippen molar-refractivity contribution < 1.29 is 19.1 Å². The molecule has 3 amide bonds. The number of aryl methyl sites for hydroxylation is 1. The summed E-state index contributed by atoms with van der Waals surface area (Å²) in [6, 6.07) is 14.2. The van der Waals surface area contributed by atoms with Gasteiger partial charge in [-0.05, 0) is 43.3 Å². The van der Waals surface area contributed by atoms with Crippen LogP contribution in [0.4, 0.5) is 11.4 Å². The van der Waals surface area contributed by atoms with Crippen molar-refractivity contribution in [3.05, 3.63) is 68.6 Å². The molecule has 36 heavy (non-hydrogen) atoms. The number of hydrogen-bond acceptors (Lipinski definition) is 7. The first-order valence-electron chi connectivity index (χ1n) is 11.4. The van der Waals surface area contributed by atoms with Crippen molar-refractivity contribution in [2.24, 2.45) is 5.92 Å². The second-order valence-electron chi connectivity index (χ2n) is 9.45. The van der Waals surface area contributed by atoms with Gasteiger partial charge in [0, 0.05) is 16.0 Å². The fraction of sp³-hybridized carbons (Fsp3) is 0.308. The van der Waals surface area contributed by atoms with Crippen LogP contribution in [-0.4, -0.2) is 34.6 Å². The molecule has 0 spiro atoms. The number of ether oxygens (including phenoxy) is 1. The molecule has 186 valence electrons. The third kappa shape index (κ3) is 3.94. The molecule has 0 bridgehead atoms. The lowest BCUT2D eigenvalue weighted by Gasteiger charge is -2.36. The Morgan fingerprint density at radius 2 is 1.69 bits per heavy atom. The maximum atomic E-state index is 13.5. The van der Waals surface area contributed by atoms with Gasteiger partial charge in [0.2, 0.25) is 17.7 Å². The van der Waals surface area contributed by atoms with Crippen LogP contribution in [0.1, 0.15) is 24.3 Å². The van der Waals surface area contributed by atoms with Crippen molar-refractivity contribution in [3.63, 3.8) is 0 Å². The Labute approximate surface area is 216 Å². The monoisotopic (exact) mass is 523 g/mol. The maximum Gasteiger partial charge on any atom is 0.308 e. The van der Waals surface area contributed by atoms with Gasteiger partial charge in [-0.15, -0.1) is 0 Å². The highest BCUT2D eigenvalue weighted by molar-refractivity contribution is 8.00. The van der Waals surface area contributed by atoms with Crippen molar-refractivity contribution in [1.29, 1.82) is 0 Å². The van der Waals surface area contributed by atoms with Crippen LogP contribution >= 0.6 is 23.1 Å². The van der Waals surface area contributed by atoms with Gasteiger partial charge in [-0.25, -0.2) is 4.90 Å². The van der Waals surface area contributed by atoms with E-state index in [1.54, 1.807) is 43.5 Å². The maximum absolute atomic E-state index is 13.5. The normalized spacial score (nSPS) is 20.2. The first kappa shape index (κ1) is 24.3. The number of thioether (sulfide) groups is 1. The summed E-state index contributed by atoms with van der Waals surface area (Å²) < 4.78 is 6.60. The Morgan fingerprint density at radius 1 is 1.03 bits per heavy atom. The van der Waals surface area contributed by atoms with Gasteiger partial charge in [-0.1, -0.05) is 54.6 Å². The quantitative estimate of drug-likeness (QED) is 0.511. The number of nitrogens with zero attached hydrogens (tertiary/aromatic N) is 2. The van der Waals surface area contributed by atoms with E-state index in [1.807, 2.05) is 32.9 Å². The molecule has 2 aliphatic heterocycles. The van der Waals surface area contributed by atoms with Crippen molar-refractivity contribution in [2.45, 2.75) is 43.0 Å². The van der Waals surface area contributed by atoms with E-state index in [2.05, 4.69) is 5.32 Å². The van der Waals surface area contributed by atoms with Gasteiger partial charge < -0.3 is 10.1 Å². The number of nitrogens with one attached hydrogen (secondary N) is 1. The predicted octanol–water partition coefficient (Wildman–Crippen LogP) is 3.81. The number of rotatable bonds is 5. The van der Waals surface area contributed by atoms with Gasteiger partial charge in [-0.3, -0.25) is 23.7 Å². The summed E-state index contributed by atoms with van der Waals surface area (Å²) in [5.41, 5.74) is 1.43. The highest BCUT2D eigenvalue weighted by atomic mass is 32.2. The molecule has 2 aliphatic rings. The summed E-state index contributed by atoms with van der Waals surface area (Å²) in [7, 11) is 1.55. The molecule has 5 rings (SSSR count). The van der Waals surface area contributed by atoms with E-state index < -0.39 is 16.6 Å². The molecule has 0 radical (unpaired) electrons. The van der Waals surface area contributed by atoms with E-state index in [0.29, 0.717) is 22.2 Å². The van der Waals surface area contributed by atoms with Gasteiger partial charge >= 0.3 is 4.87 Å². The third-order valence-electron chi connectivity index (χ3n) is 6.67. The fourth-order valence-electron chi connectivity index (χ4n) is 4.73. The number of carbonyl (C=O) groups excluding carboxylic acids is 3. The second-order valence-corrected chi connectivity index (χ2v) is 11.5. The van der Waals surface area contributed by atoms with Crippen LogP contribution in [0.25, 0.3) is 0 Å². The zero-order chi connectivity index (χ0) is 25.8. The smallest absolute Gasteiger partial charge is 0.308 e. The molecule has 10 heteroatoms. The van der Waals surface area contributed by atoms with Gasteiger partial charge in [0.15, 0.2) is 0 Å². The first-order valence-corrected chi connectivity index (χ1v) is 13.1. The minimum absolute atomic E-state index is 0.177. The van der Waals surface area contributed by atoms with E-state index in [1.165, 1.54) is 21.2 Å². The lowest BCUT2D eigenvalue weighted by Crippen LogP contribution is -2.41. The Bertz CT molecular complexity index is 1420. The van der Waals surface area contributed by atoms with E-state index in [9.17, 15) is 19.2 Å². The van der Waals surface area contributed by atoms with Crippen LogP contribution in [-0.2, 0) is 26.3 Å². The van der Waals surface area contributed by atoms with Crippen molar-refractivity contribution in [1.82, 2.24) is 4.57 Å². The Kier molecular flexibility index (Phi) is 6.04. The van der Waals surface area contributed by atoms with Crippen molar-refractivity contribution >= 4 is 52.2 Å². The van der Waals surface area contributed by atoms with Crippen LogP contribution in [0.15, 0.2) is 58.4 Å². The van der Waals surface area contributed by atoms with Crippen LogP contribution in [0.2, 0.25) is 0 Å². The van der Waals surface area contributed by atoms with Crippen LogP contribution in [0.5, 0.6) is 5.75 Å². The average Bonchev–Trinajstić information content (AvgIpc) is 3.29. The molecule has 1 fully saturated rings. The molecule has 0 saturated carbocycles. The Hall–Kier alpha value is -3.37. The van der Waals surface area contributed by atoms with E-state index >= 15 is 0 Å². The highest BCUT2D eigenvalue weighted by Crippen LogP contribution is 2.54. The van der Waals surface area contributed by atoms with Crippen molar-refractivity contribution in [3.8, 4) is 5.75 Å². The SMILES string of the molecule is COc1ccc(N2C(=O)C3Sc4c(sc(=O)n4CC(=O)Nc4ccc(C)cc4)C(C)(C)C3C2=O)cc1. The topological polar surface area (TPSA) is 97.7 Å². The summed E-state index contributed by atoms with van der Waals surface area (Å²) in [5.74, 6) is -0.954. The fourth-order valence-corrected chi connectivity index (χ4v) is 7.77. The second kappa shape index (κ2) is 8.94. The number of anilines is 2. The molecule has 2 aromatic carbocycles. The van der Waals surface area contributed by atoms with Crippen LogP contribution in [0.3, 0.4) is 0 Å². The molecule has 1 saturated heterocycles. The molecule has 2 atom stereocenters. The zero-order valence-corrected chi connectivity index (χ0v) is 21.9. The molecule has 2 unspecified atom stereocenters. The molecular formula is C26H25N3O5S2.